The Balaban J connectivity index is 2.12. The predicted molar refractivity (Wildman–Crippen MR) is 76.7 cm³/mol. The van der Waals surface area contributed by atoms with Crippen molar-refractivity contribution in [1.82, 2.24) is 0 Å². The SMILES string of the molecule is NCC#Cc1ccc(C(=O)Nc2ccccc2F)cc1. The molecule has 0 spiro atoms. The van der Waals surface area contributed by atoms with Crippen LogP contribution in [0.5, 0.6) is 0 Å². The minimum atomic E-state index is -0.466. The summed E-state index contributed by atoms with van der Waals surface area (Å²) in [5.74, 6) is 4.76. The maximum atomic E-state index is 13.4. The molecule has 2 aromatic carbocycles. The number of rotatable bonds is 2. The Bertz CT molecular complexity index is 669. The first kappa shape index (κ1) is 13.8. The van der Waals surface area contributed by atoms with Crippen molar-refractivity contribution in [2.45, 2.75) is 0 Å². The van der Waals surface area contributed by atoms with Gasteiger partial charge in [-0.25, -0.2) is 4.39 Å². The molecule has 100 valence electrons. The lowest BCUT2D eigenvalue weighted by Gasteiger charge is -2.06. The van der Waals surface area contributed by atoms with Crippen LogP contribution >= 0.6 is 0 Å². The third-order valence-electron chi connectivity index (χ3n) is 2.60. The molecule has 4 heteroatoms. The smallest absolute Gasteiger partial charge is 0.255 e. The van der Waals surface area contributed by atoms with Crippen molar-refractivity contribution in [3.05, 3.63) is 65.5 Å². The van der Waals surface area contributed by atoms with Crippen LogP contribution in [0.15, 0.2) is 48.5 Å². The standard InChI is InChI=1S/C16H13FN2O/c17-14-5-1-2-6-15(14)19-16(20)13-9-7-12(8-10-13)4-3-11-18/h1-2,5-10H,11,18H2,(H,19,20). The molecule has 20 heavy (non-hydrogen) atoms. The maximum Gasteiger partial charge on any atom is 0.255 e. The topological polar surface area (TPSA) is 55.1 Å². The van der Waals surface area contributed by atoms with E-state index in [1.54, 1.807) is 36.4 Å². The zero-order valence-corrected chi connectivity index (χ0v) is 10.7. The summed E-state index contributed by atoms with van der Waals surface area (Å²) in [6, 6.07) is 12.7. The molecule has 0 aromatic heterocycles. The fraction of sp³-hybridized carbons (Fsp3) is 0.0625. The molecule has 0 aliphatic carbocycles. The van der Waals surface area contributed by atoms with Gasteiger partial charge in [-0.05, 0) is 36.4 Å². The molecule has 0 saturated heterocycles. The van der Waals surface area contributed by atoms with Crippen LogP contribution in [-0.4, -0.2) is 12.5 Å². The number of para-hydroxylation sites is 1. The zero-order valence-electron chi connectivity index (χ0n) is 10.7. The highest BCUT2D eigenvalue weighted by atomic mass is 19.1. The number of hydrogen-bond acceptors (Lipinski definition) is 2. The second kappa shape index (κ2) is 6.50. The maximum absolute atomic E-state index is 13.4. The highest BCUT2D eigenvalue weighted by Crippen LogP contribution is 2.14. The van der Waals surface area contributed by atoms with Crippen molar-refractivity contribution in [2.75, 3.05) is 11.9 Å². The van der Waals surface area contributed by atoms with E-state index in [1.165, 1.54) is 12.1 Å². The molecule has 2 aromatic rings. The molecule has 0 heterocycles. The number of amides is 1. The van der Waals surface area contributed by atoms with Gasteiger partial charge in [0.2, 0.25) is 0 Å². The van der Waals surface area contributed by atoms with E-state index in [0.29, 0.717) is 5.56 Å². The van der Waals surface area contributed by atoms with Gasteiger partial charge in [0.05, 0.1) is 12.2 Å². The Kier molecular flexibility index (Phi) is 4.48. The number of carbonyl (C=O) groups excluding carboxylic acids is 1. The summed E-state index contributed by atoms with van der Waals surface area (Å²) in [6.45, 7) is 0.287. The first-order chi connectivity index (χ1) is 9.70. The van der Waals surface area contributed by atoms with Crippen molar-refractivity contribution in [1.29, 1.82) is 0 Å². The van der Waals surface area contributed by atoms with E-state index in [4.69, 9.17) is 5.73 Å². The molecule has 1 amide bonds. The molecular formula is C16H13FN2O. The van der Waals surface area contributed by atoms with E-state index in [0.717, 1.165) is 5.56 Å². The summed E-state index contributed by atoms with van der Waals surface area (Å²) < 4.78 is 13.4. The van der Waals surface area contributed by atoms with Crippen LogP contribution in [0.25, 0.3) is 0 Å². The largest absolute Gasteiger partial charge is 0.320 e. The minimum absolute atomic E-state index is 0.157. The zero-order chi connectivity index (χ0) is 14.4. The van der Waals surface area contributed by atoms with Crippen LogP contribution in [0.3, 0.4) is 0 Å². The lowest BCUT2D eigenvalue weighted by molar-refractivity contribution is 0.102. The van der Waals surface area contributed by atoms with Gasteiger partial charge in [0.15, 0.2) is 0 Å². The summed E-state index contributed by atoms with van der Waals surface area (Å²) in [7, 11) is 0. The van der Waals surface area contributed by atoms with E-state index >= 15 is 0 Å². The second-order valence-corrected chi connectivity index (χ2v) is 4.02. The molecule has 3 N–H and O–H groups in total. The van der Waals surface area contributed by atoms with Crippen LogP contribution in [0.4, 0.5) is 10.1 Å². The Hall–Kier alpha value is -2.64. The van der Waals surface area contributed by atoms with E-state index in [2.05, 4.69) is 17.2 Å². The van der Waals surface area contributed by atoms with Crippen LogP contribution in [0.2, 0.25) is 0 Å². The highest BCUT2D eigenvalue weighted by molar-refractivity contribution is 6.04. The van der Waals surface area contributed by atoms with Gasteiger partial charge in [-0.1, -0.05) is 24.0 Å². The molecule has 0 aliphatic rings. The molecule has 0 bridgehead atoms. The van der Waals surface area contributed by atoms with Crippen molar-refractivity contribution in [3.8, 4) is 11.8 Å². The predicted octanol–water partition coefficient (Wildman–Crippen LogP) is 2.39. The fourth-order valence-corrected chi connectivity index (χ4v) is 1.62. The third kappa shape index (κ3) is 3.44. The number of hydrogen-bond donors (Lipinski definition) is 2. The van der Waals surface area contributed by atoms with Gasteiger partial charge in [0, 0.05) is 11.1 Å². The van der Waals surface area contributed by atoms with Crippen LogP contribution in [-0.2, 0) is 0 Å². The normalized spacial score (nSPS) is 9.50. The quantitative estimate of drug-likeness (QED) is 0.822. The first-order valence-corrected chi connectivity index (χ1v) is 6.05. The van der Waals surface area contributed by atoms with Crippen molar-refractivity contribution >= 4 is 11.6 Å². The van der Waals surface area contributed by atoms with Crippen molar-refractivity contribution in [3.63, 3.8) is 0 Å². The monoisotopic (exact) mass is 268 g/mol. The number of carbonyl (C=O) groups is 1. The summed E-state index contributed by atoms with van der Waals surface area (Å²) >= 11 is 0. The van der Waals surface area contributed by atoms with E-state index in [9.17, 15) is 9.18 Å². The molecule has 0 radical (unpaired) electrons. The Labute approximate surface area is 116 Å². The van der Waals surface area contributed by atoms with Gasteiger partial charge >= 0.3 is 0 Å². The average Bonchev–Trinajstić information content (AvgIpc) is 2.48. The molecule has 0 fully saturated rings. The number of anilines is 1. The molecular weight excluding hydrogens is 255 g/mol. The van der Waals surface area contributed by atoms with E-state index < -0.39 is 5.82 Å². The van der Waals surface area contributed by atoms with E-state index in [-0.39, 0.29) is 18.1 Å². The summed E-state index contributed by atoms with van der Waals surface area (Å²) in [5.41, 5.74) is 6.65. The van der Waals surface area contributed by atoms with Gasteiger partial charge in [-0.15, -0.1) is 0 Å². The lowest BCUT2D eigenvalue weighted by Crippen LogP contribution is -2.12. The number of nitrogens with one attached hydrogen (secondary N) is 1. The first-order valence-electron chi connectivity index (χ1n) is 6.05. The molecule has 0 unspecified atom stereocenters. The fourth-order valence-electron chi connectivity index (χ4n) is 1.62. The Morgan fingerprint density at radius 1 is 1.15 bits per heavy atom. The summed E-state index contributed by atoms with van der Waals surface area (Å²) in [5, 5.41) is 2.52. The van der Waals surface area contributed by atoms with Crippen molar-refractivity contribution < 1.29 is 9.18 Å². The van der Waals surface area contributed by atoms with Gasteiger partial charge in [-0.3, -0.25) is 4.79 Å². The Morgan fingerprint density at radius 2 is 1.85 bits per heavy atom. The van der Waals surface area contributed by atoms with Crippen LogP contribution < -0.4 is 11.1 Å². The lowest BCUT2D eigenvalue weighted by atomic mass is 10.1. The van der Waals surface area contributed by atoms with Gasteiger partial charge in [0.1, 0.15) is 5.82 Å². The molecule has 2 rings (SSSR count). The number of halogens is 1. The highest BCUT2D eigenvalue weighted by Gasteiger charge is 2.08. The van der Waals surface area contributed by atoms with Gasteiger partial charge in [-0.2, -0.15) is 0 Å². The van der Waals surface area contributed by atoms with Crippen LogP contribution in [0.1, 0.15) is 15.9 Å². The van der Waals surface area contributed by atoms with E-state index in [1.807, 2.05) is 0 Å². The molecule has 0 saturated carbocycles. The number of nitrogens with two attached hydrogens (primary N) is 1. The minimum Gasteiger partial charge on any atom is -0.320 e. The van der Waals surface area contributed by atoms with Gasteiger partial charge < -0.3 is 11.1 Å². The molecule has 0 aliphatic heterocycles. The average molecular weight is 268 g/mol. The molecule has 3 nitrogen and oxygen atoms in total. The third-order valence-corrected chi connectivity index (χ3v) is 2.60. The second-order valence-electron chi connectivity index (χ2n) is 4.02. The Morgan fingerprint density at radius 3 is 2.50 bits per heavy atom. The molecule has 0 atom stereocenters. The summed E-state index contributed by atoms with van der Waals surface area (Å²) in [4.78, 5) is 12.0. The summed E-state index contributed by atoms with van der Waals surface area (Å²) in [6.07, 6.45) is 0. The number of benzene rings is 2. The van der Waals surface area contributed by atoms with Crippen LogP contribution in [0, 0.1) is 17.7 Å². The van der Waals surface area contributed by atoms with Gasteiger partial charge in [0.25, 0.3) is 5.91 Å². The van der Waals surface area contributed by atoms with Crippen molar-refractivity contribution in [2.24, 2.45) is 5.73 Å².